The fraction of sp³-hybridized carbons (Fsp3) is 0.143. The third-order valence-corrected chi connectivity index (χ3v) is 3.73. The zero-order chi connectivity index (χ0) is 13.8. The van der Waals surface area contributed by atoms with Crippen molar-refractivity contribution in [3.63, 3.8) is 0 Å². The molecule has 0 aliphatic rings. The molecule has 2 aromatic rings. The number of hydrogen-bond donors (Lipinski definition) is 2. The lowest BCUT2D eigenvalue weighted by Gasteiger charge is -2.16. The maximum Gasteiger partial charge on any atom is 0.142 e. The lowest BCUT2D eigenvalue weighted by atomic mass is 9.99. The second kappa shape index (κ2) is 6.48. The van der Waals surface area contributed by atoms with Crippen molar-refractivity contribution in [2.75, 3.05) is 0 Å². The van der Waals surface area contributed by atoms with Crippen molar-refractivity contribution in [2.24, 2.45) is 5.84 Å². The van der Waals surface area contributed by atoms with Crippen LogP contribution in [0.3, 0.4) is 0 Å². The van der Waals surface area contributed by atoms with Crippen molar-refractivity contribution in [1.29, 1.82) is 0 Å². The second-order valence-electron chi connectivity index (χ2n) is 4.22. The van der Waals surface area contributed by atoms with Crippen LogP contribution in [0.4, 0.5) is 4.39 Å². The molecular formula is C14H13BrClFN2. The molecule has 2 nitrogen and oxygen atoms in total. The van der Waals surface area contributed by atoms with Gasteiger partial charge in [-0.15, -0.1) is 0 Å². The molecule has 0 heterocycles. The monoisotopic (exact) mass is 342 g/mol. The van der Waals surface area contributed by atoms with E-state index in [4.69, 9.17) is 17.4 Å². The maximum atomic E-state index is 13.4. The van der Waals surface area contributed by atoms with E-state index in [2.05, 4.69) is 21.4 Å². The van der Waals surface area contributed by atoms with E-state index in [1.807, 2.05) is 24.3 Å². The number of benzene rings is 2. The van der Waals surface area contributed by atoms with Crippen molar-refractivity contribution in [3.8, 4) is 0 Å². The molecular weight excluding hydrogens is 331 g/mol. The zero-order valence-corrected chi connectivity index (χ0v) is 12.4. The molecule has 3 N–H and O–H groups in total. The van der Waals surface area contributed by atoms with E-state index in [0.29, 0.717) is 6.42 Å². The van der Waals surface area contributed by atoms with Gasteiger partial charge in [0.15, 0.2) is 0 Å². The van der Waals surface area contributed by atoms with Gasteiger partial charge < -0.3 is 0 Å². The molecule has 0 aliphatic carbocycles. The van der Waals surface area contributed by atoms with E-state index in [1.165, 1.54) is 6.07 Å². The van der Waals surface area contributed by atoms with Crippen LogP contribution in [0.25, 0.3) is 0 Å². The molecule has 0 saturated carbocycles. The topological polar surface area (TPSA) is 38.0 Å². The Morgan fingerprint density at radius 3 is 2.47 bits per heavy atom. The van der Waals surface area contributed by atoms with Gasteiger partial charge in [-0.1, -0.05) is 45.7 Å². The second-order valence-corrected chi connectivity index (χ2v) is 5.55. The molecule has 0 saturated heterocycles. The van der Waals surface area contributed by atoms with Crippen molar-refractivity contribution < 1.29 is 4.39 Å². The lowest BCUT2D eigenvalue weighted by molar-refractivity contribution is 0.548. The van der Waals surface area contributed by atoms with Crippen LogP contribution in [0.15, 0.2) is 46.9 Å². The van der Waals surface area contributed by atoms with Crippen LogP contribution >= 0.6 is 27.5 Å². The Kier molecular flexibility index (Phi) is 4.93. The minimum absolute atomic E-state index is 0.0753. The van der Waals surface area contributed by atoms with Gasteiger partial charge in [0.2, 0.25) is 0 Å². The molecule has 0 fully saturated rings. The summed E-state index contributed by atoms with van der Waals surface area (Å²) in [4.78, 5) is 0. The quantitative estimate of drug-likeness (QED) is 0.651. The molecule has 2 rings (SSSR count). The Morgan fingerprint density at radius 2 is 1.89 bits per heavy atom. The van der Waals surface area contributed by atoms with E-state index in [0.717, 1.165) is 15.6 Å². The highest BCUT2D eigenvalue weighted by Crippen LogP contribution is 2.22. The summed E-state index contributed by atoms with van der Waals surface area (Å²) < 4.78 is 14.4. The van der Waals surface area contributed by atoms with Crippen molar-refractivity contribution in [1.82, 2.24) is 5.43 Å². The normalized spacial score (nSPS) is 12.4. The summed E-state index contributed by atoms with van der Waals surface area (Å²) >= 11 is 9.05. The molecule has 19 heavy (non-hydrogen) atoms. The van der Waals surface area contributed by atoms with Crippen LogP contribution in [0, 0.1) is 5.82 Å². The highest BCUT2D eigenvalue weighted by atomic mass is 79.9. The smallest absolute Gasteiger partial charge is 0.142 e. The predicted octanol–water partition coefficient (Wildman–Crippen LogP) is 3.99. The van der Waals surface area contributed by atoms with E-state index < -0.39 is 5.82 Å². The Hall–Kier alpha value is -0.940. The zero-order valence-electron chi connectivity index (χ0n) is 10.0. The minimum Gasteiger partial charge on any atom is -0.271 e. The van der Waals surface area contributed by atoms with Gasteiger partial charge in [0.25, 0.3) is 0 Å². The summed E-state index contributed by atoms with van der Waals surface area (Å²) in [6, 6.07) is 12.6. The number of hydrazine groups is 1. The summed E-state index contributed by atoms with van der Waals surface area (Å²) in [5, 5.41) is 0.129. The number of halogens is 3. The Bertz CT molecular complexity index is 560. The van der Waals surface area contributed by atoms with Gasteiger partial charge in [0.1, 0.15) is 5.82 Å². The van der Waals surface area contributed by atoms with Crippen molar-refractivity contribution >= 4 is 27.5 Å². The van der Waals surface area contributed by atoms with Crippen LogP contribution in [0.1, 0.15) is 17.2 Å². The summed E-state index contributed by atoms with van der Waals surface area (Å²) in [5.41, 5.74) is 4.63. The van der Waals surface area contributed by atoms with Crippen molar-refractivity contribution in [3.05, 3.63) is 68.9 Å². The molecule has 100 valence electrons. The van der Waals surface area contributed by atoms with Gasteiger partial charge in [-0.2, -0.15) is 0 Å². The van der Waals surface area contributed by atoms with Crippen LogP contribution < -0.4 is 11.3 Å². The molecule has 0 spiro atoms. The SMILES string of the molecule is NNC(Cc1ccc(Cl)c(F)c1)c1ccc(Br)cc1. The number of rotatable bonds is 4. The number of nitrogens with one attached hydrogen (secondary N) is 1. The average Bonchev–Trinajstić information content (AvgIpc) is 2.41. The first-order valence-corrected chi connectivity index (χ1v) is 6.93. The van der Waals surface area contributed by atoms with Gasteiger partial charge in [-0.3, -0.25) is 11.3 Å². The Labute approximate surface area is 124 Å². The third kappa shape index (κ3) is 3.76. The third-order valence-electron chi connectivity index (χ3n) is 2.90. The Morgan fingerprint density at radius 1 is 1.21 bits per heavy atom. The molecule has 1 unspecified atom stereocenters. The standard InChI is InChI=1S/C14H13BrClFN2/c15-11-4-2-10(3-5-11)14(19-18)8-9-1-6-12(16)13(17)7-9/h1-7,14,19H,8,18H2. The first-order chi connectivity index (χ1) is 9.10. The molecule has 0 amide bonds. The van der Waals surface area contributed by atoms with Gasteiger partial charge in [0, 0.05) is 10.5 Å². The van der Waals surface area contributed by atoms with Gasteiger partial charge in [-0.05, 0) is 41.8 Å². The van der Waals surface area contributed by atoms with Gasteiger partial charge >= 0.3 is 0 Å². The molecule has 0 aromatic heterocycles. The van der Waals surface area contributed by atoms with E-state index >= 15 is 0 Å². The van der Waals surface area contributed by atoms with Crippen molar-refractivity contribution in [2.45, 2.75) is 12.5 Å². The predicted molar refractivity (Wildman–Crippen MR) is 79.3 cm³/mol. The molecule has 2 aromatic carbocycles. The molecule has 5 heteroatoms. The maximum absolute atomic E-state index is 13.4. The molecule has 0 radical (unpaired) electrons. The largest absolute Gasteiger partial charge is 0.271 e. The summed E-state index contributed by atoms with van der Waals surface area (Å²) in [7, 11) is 0. The fourth-order valence-corrected chi connectivity index (χ4v) is 2.25. The van der Waals surface area contributed by atoms with E-state index in [1.54, 1.807) is 12.1 Å². The lowest BCUT2D eigenvalue weighted by Crippen LogP contribution is -2.29. The average molecular weight is 344 g/mol. The number of nitrogens with two attached hydrogens (primary N) is 1. The number of hydrogen-bond acceptors (Lipinski definition) is 2. The first kappa shape index (κ1) is 14.5. The van der Waals surface area contributed by atoms with Gasteiger partial charge in [-0.25, -0.2) is 4.39 Å². The van der Waals surface area contributed by atoms with Crippen LogP contribution in [0.2, 0.25) is 5.02 Å². The highest BCUT2D eigenvalue weighted by molar-refractivity contribution is 9.10. The molecule has 1 atom stereocenters. The first-order valence-electron chi connectivity index (χ1n) is 5.75. The summed E-state index contributed by atoms with van der Waals surface area (Å²) in [5.74, 6) is 5.17. The minimum atomic E-state index is -0.411. The van der Waals surface area contributed by atoms with Crippen LogP contribution in [0.5, 0.6) is 0 Å². The highest BCUT2D eigenvalue weighted by Gasteiger charge is 2.11. The van der Waals surface area contributed by atoms with Crippen LogP contribution in [-0.2, 0) is 6.42 Å². The molecule has 0 aliphatic heterocycles. The van der Waals surface area contributed by atoms with Gasteiger partial charge in [0.05, 0.1) is 5.02 Å². The summed E-state index contributed by atoms with van der Waals surface area (Å²) in [6.07, 6.45) is 0.590. The van der Waals surface area contributed by atoms with Crippen LogP contribution in [-0.4, -0.2) is 0 Å². The van der Waals surface area contributed by atoms with E-state index in [-0.39, 0.29) is 11.1 Å². The van der Waals surface area contributed by atoms with E-state index in [9.17, 15) is 4.39 Å². The Balaban J connectivity index is 2.18. The summed E-state index contributed by atoms with van der Waals surface area (Å²) in [6.45, 7) is 0. The molecule has 0 bridgehead atoms. The fourth-order valence-electron chi connectivity index (χ4n) is 1.87.